The van der Waals surface area contributed by atoms with Crippen LogP contribution in [0.4, 0.5) is 10.8 Å². The van der Waals surface area contributed by atoms with Gasteiger partial charge in [0.05, 0.1) is 12.0 Å². The summed E-state index contributed by atoms with van der Waals surface area (Å²) in [5, 5.41) is 14.2. The second-order valence-electron chi connectivity index (χ2n) is 4.39. The third-order valence-electron chi connectivity index (χ3n) is 2.64. The fourth-order valence-corrected chi connectivity index (χ4v) is 2.39. The molecule has 22 heavy (non-hydrogen) atoms. The molecule has 0 aliphatic rings. The maximum absolute atomic E-state index is 8.68. The third-order valence-corrected chi connectivity index (χ3v) is 3.38. The van der Waals surface area contributed by atoms with Gasteiger partial charge in [0.1, 0.15) is 0 Å². The van der Waals surface area contributed by atoms with E-state index in [4.69, 9.17) is 16.6 Å². The molecule has 8 heteroatoms. The minimum atomic E-state index is -0.00425. The molecule has 1 aromatic carbocycles. The number of aliphatic imine (C=N–C) groups is 2. The minimum absolute atomic E-state index is 0.00425. The lowest BCUT2D eigenvalue weighted by atomic mass is 10.1. The van der Waals surface area contributed by atoms with E-state index in [1.165, 1.54) is 11.3 Å². The summed E-state index contributed by atoms with van der Waals surface area (Å²) in [5.74, 6) is -0.00425. The second-order valence-corrected chi connectivity index (χ2v) is 5.23. The molecule has 0 aliphatic carbocycles. The summed E-state index contributed by atoms with van der Waals surface area (Å²) in [6.07, 6.45) is 2.28. The van der Waals surface area contributed by atoms with E-state index in [0.717, 1.165) is 16.9 Å². The molecule has 0 radical (unpaired) electrons. The molecule has 7 nitrogen and oxygen atoms in total. The molecule has 0 aliphatic heterocycles. The van der Waals surface area contributed by atoms with Gasteiger partial charge < -0.3 is 21.9 Å². The number of nitrogens with zero attached hydrogens (tertiary/aromatic N) is 3. The van der Waals surface area contributed by atoms with Crippen molar-refractivity contribution < 1.29 is 5.11 Å². The number of aliphatic hydroxyl groups is 1. The van der Waals surface area contributed by atoms with Crippen molar-refractivity contribution in [1.82, 2.24) is 4.98 Å². The average molecular weight is 318 g/mol. The molecular formula is C14H18N6OS. The smallest absolute Gasteiger partial charge is 0.212 e. The molecule has 0 fully saturated rings. The van der Waals surface area contributed by atoms with Crippen LogP contribution >= 0.6 is 11.3 Å². The molecule has 1 heterocycles. The number of nitrogens with two attached hydrogens (primary N) is 2. The van der Waals surface area contributed by atoms with E-state index in [1.54, 1.807) is 6.34 Å². The highest BCUT2D eigenvalue weighted by Crippen LogP contribution is 2.27. The Hall–Kier alpha value is -2.45. The predicted molar refractivity (Wildman–Crippen MR) is 91.7 cm³/mol. The topological polar surface area (TPSA) is 122 Å². The maximum atomic E-state index is 8.68. The summed E-state index contributed by atoms with van der Waals surface area (Å²) >= 11 is 1.38. The van der Waals surface area contributed by atoms with Crippen LogP contribution in [0, 0.1) is 0 Å². The monoisotopic (exact) mass is 318 g/mol. The Labute approximate surface area is 132 Å². The fourth-order valence-electron chi connectivity index (χ4n) is 1.67. The first-order valence-electron chi connectivity index (χ1n) is 6.70. The second kappa shape index (κ2) is 8.11. The van der Waals surface area contributed by atoms with Gasteiger partial charge in [-0.2, -0.15) is 4.99 Å². The summed E-state index contributed by atoms with van der Waals surface area (Å²) in [6.45, 7) is 0.742. The van der Waals surface area contributed by atoms with Crippen molar-refractivity contribution in [3.05, 3.63) is 29.6 Å². The third kappa shape index (κ3) is 4.83. The van der Waals surface area contributed by atoms with Crippen molar-refractivity contribution in [3.63, 3.8) is 0 Å². The van der Waals surface area contributed by atoms with Crippen molar-refractivity contribution >= 4 is 34.5 Å². The molecule has 1 aromatic heterocycles. The van der Waals surface area contributed by atoms with Crippen LogP contribution in [0.25, 0.3) is 11.3 Å². The molecule has 0 bridgehead atoms. The van der Waals surface area contributed by atoms with E-state index in [1.807, 2.05) is 29.6 Å². The molecule has 2 aromatic rings. The van der Waals surface area contributed by atoms with E-state index in [-0.39, 0.29) is 12.6 Å². The van der Waals surface area contributed by atoms with Gasteiger partial charge in [-0.15, -0.1) is 11.3 Å². The Bertz CT molecular complexity index is 663. The van der Waals surface area contributed by atoms with Crippen molar-refractivity contribution in [2.75, 3.05) is 18.5 Å². The van der Waals surface area contributed by atoms with Crippen LogP contribution in [-0.4, -0.2) is 35.5 Å². The SMILES string of the molecule is NC(N)=Nc1nc(-c2cccc(NC=NCCCO)c2)cs1. The number of thiazole rings is 1. The number of anilines is 1. The van der Waals surface area contributed by atoms with Crippen LogP contribution in [0.5, 0.6) is 0 Å². The maximum Gasteiger partial charge on any atom is 0.212 e. The Morgan fingerprint density at radius 2 is 2.27 bits per heavy atom. The number of benzene rings is 1. The van der Waals surface area contributed by atoms with Crippen molar-refractivity contribution in [3.8, 4) is 11.3 Å². The van der Waals surface area contributed by atoms with Crippen molar-refractivity contribution in [1.29, 1.82) is 0 Å². The van der Waals surface area contributed by atoms with Crippen LogP contribution in [0.1, 0.15) is 6.42 Å². The van der Waals surface area contributed by atoms with Gasteiger partial charge in [0, 0.05) is 29.8 Å². The minimum Gasteiger partial charge on any atom is -0.396 e. The summed E-state index contributed by atoms with van der Waals surface area (Å²) in [6, 6.07) is 7.79. The number of nitrogens with one attached hydrogen (secondary N) is 1. The molecule has 2 rings (SSSR count). The molecule has 0 atom stereocenters. The van der Waals surface area contributed by atoms with Crippen molar-refractivity contribution in [2.24, 2.45) is 21.5 Å². The zero-order chi connectivity index (χ0) is 15.8. The lowest BCUT2D eigenvalue weighted by molar-refractivity contribution is 0.291. The van der Waals surface area contributed by atoms with E-state index < -0.39 is 0 Å². The van der Waals surface area contributed by atoms with Crippen LogP contribution in [0.15, 0.2) is 39.6 Å². The number of hydrogen-bond acceptors (Lipinski definition) is 5. The Balaban J connectivity index is 2.06. The Morgan fingerprint density at radius 1 is 1.41 bits per heavy atom. The quantitative estimate of drug-likeness (QED) is 0.350. The molecule has 6 N–H and O–H groups in total. The largest absolute Gasteiger partial charge is 0.396 e. The van der Waals surface area contributed by atoms with E-state index in [2.05, 4.69) is 20.3 Å². The van der Waals surface area contributed by atoms with Crippen LogP contribution in [0.3, 0.4) is 0 Å². The number of rotatable bonds is 7. The van der Waals surface area contributed by atoms with E-state index in [0.29, 0.717) is 18.1 Å². The zero-order valence-electron chi connectivity index (χ0n) is 11.9. The first-order chi connectivity index (χ1) is 10.7. The summed E-state index contributed by atoms with van der Waals surface area (Å²) in [5.41, 5.74) is 13.4. The van der Waals surface area contributed by atoms with Gasteiger partial charge in [-0.25, -0.2) is 4.98 Å². The average Bonchev–Trinajstić information content (AvgIpc) is 2.95. The van der Waals surface area contributed by atoms with Gasteiger partial charge in [0.2, 0.25) is 5.13 Å². The van der Waals surface area contributed by atoms with Crippen molar-refractivity contribution in [2.45, 2.75) is 6.42 Å². The molecule has 0 spiro atoms. The predicted octanol–water partition coefficient (Wildman–Crippen LogP) is 1.54. The van der Waals surface area contributed by atoms with Gasteiger partial charge in [-0.3, -0.25) is 4.99 Å². The number of guanidine groups is 1. The number of aliphatic hydroxyl groups excluding tert-OH is 1. The molecule has 0 amide bonds. The number of hydrogen-bond donors (Lipinski definition) is 4. The van der Waals surface area contributed by atoms with Gasteiger partial charge in [0.15, 0.2) is 5.96 Å². The molecule has 0 saturated carbocycles. The fraction of sp³-hybridized carbons (Fsp3) is 0.214. The van der Waals surface area contributed by atoms with Crippen LogP contribution in [-0.2, 0) is 0 Å². The first-order valence-corrected chi connectivity index (χ1v) is 7.58. The highest BCUT2D eigenvalue weighted by molar-refractivity contribution is 7.13. The van der Waals surface area contributed by atoms with Gasteiger partial charge in [-0.05, 0) is 18.6 Å². The van der Waals surface area contributed by atoms with Crippen LogP contribution < -0.4 is 16.8 Å². The molecule has 116 valence electrons. The standard InChI is InChI=1S/C14H18N6OS/c15-13(16)20-14-19-12(8-22-14)10-3-1-4-11(7-10)18-9-17-5-2-6-21/h1,3-4,7-9,21H,2,5-6H2,(H,17,18)(H4,15,16,19,20). The molecule has 0 unspecified atom stereocenters. The summed E-state index contributed by atoms with van der Waals surface area (Å²) < 4.78 is 0. The Morgan fingerprint density at radius 3 is 3.05 bits per heavy atom. The lowest BCUT2D eigenvalue weighted by Crippen LogP contribution is -2.21. The van der Waals surface area contributed by atoms with E-state index in [9.17, 15) is 0 Å². The van der Waals surface area contributed by atoms with E-state index >= 15 is 0 Å². The van der Waals surface area contributed by atoms with Gasteiger partial charge in [-0.1, -0.05) is 12.1 Å². The molecular weight excluding hydrogens is 300 g/mol. The summed E-state index contributed by atoms with van der Waals surface area (Å²) in [4.78, 5) is 12.4. The highest BCUT2D eigenvalue weighted by atomic mass is 32.1. The van der Waals surface area contributed by atoms with Gasteiger partial charge >= 0.3 is 0 Å². The normalized spacial score (nSPS) is 10.8. The summed E-state index contributed by atoms with van der Waals surface area (Å²) in [7, 11) is 0. The first kappa shape index (κ1) is 15.9. The molecule has 0 saturated heterocycles. The van der Waals surface area contributed by atoms with Crippen LogP contribution in [0.2, 0.25) is 0 Å². The zero-order valence-corrected chi connectivity index (χ0v) is 12.8. The Kier molecular flexibility index (Phi) is 5.87. The highest BCUT2D eigenvalue weighted by Gasteiger charge is 2.04. The van der Waals surface area contributed by atoms with Gasteiger partial charge in [0.25, 0.3) is 0 Å². The number of aromatic nitrogens is 1. The lowest BCUT2D eigenvalue weighted by Gasteiger charge is -2.02.